The lowest BCUT2D eigenvalue weighted by molar-refractivity contribution is 0.332. The highest BCUT2D eigenvalue weighted by Gasteiger charge is 2.13. The van der Waals surface area contributed by atoms with Gasteiger partial charge in [-0.05, 0) is 55.3 Å². The van der Waals surface area contributed by atoms with Crippen LogP contribution in [-0.4, -0.2) is 23.1 Å². The maximum absolute atomic E-state index is 9.52. The highest BCUT2D eigenvalue weighted by molar-refractivity contribution is 5.51. The molecular weight excluding hydrogens is 260 g/mol. The van der Waals surface area contributed by atoms with Crippen molar-refractivity contribution in [3.63, 3.8) is 0 Å². The summed E-state index contributed by atoms with van der Waals surface area (Å²) in [6, 6.07) is 15.9. The monoisotopic (exact) mass is 282 g/mol. The molecule has 0 bridgehead atoms. The van der Waals surface area contributed by atoms with Gasteiger partial charge in [0.05, 0.1) is 0 Å². The molecule has 0 radical (unpaired) electrons. The van der Waals surface area contributed by atoms with Crippen molar-refractivity contribution in [1.29, 1.82) is 0 Å². The molecule has 3 rings (SSSR count). The Morgan fingerprint density at radius 3 is 2.62 bits per heavy atom. The minimum absolute atomic E-state index is 0.319. The van der Waals surface area contributed by atoms with Crippen molar-refractivity contribution in [3.05, 3.63) is 59.7 Å². The fraction of sp³-hybridized carbons (Fsp3) is 0.333. The average molecular weight is 282 g/mol. The fourth-order valence-electron chi connectivity index (χ4n) is 2.88. The Hall–Kier alpha value is -2.00. The van der Waals surface area contributed by atoms with Crippen LogP contribution in [0.15, 0.2) is 48.5 Å². The molecule has 2 aromatic rings. The van der Waals surface area contributed by atoms with Crippen LogP contribution in [0.5, 0.6) is 5.75 Å². The lowest BCUT2D eigenvalue weighted by atomic mass is 10.1. The molecule has 2 aromatic carbocycles. The van der Waals surface area contributed by atoms with Crippen molar-refractivity contribution in [1.82, 2.24) is 4.90 Å². The zero-order valence-corrected chi connectivity index (χ0v) is 12.3. The van der Waals surface area contributed by atoms with E-state index in [9.17, 15) is 5.11 Å². The molecule has 0 aromatic heterocycles. The molecule has 1 heterocycles. The van der Waals surface area contributed by atoms with Gasteiger partial charge in [-0.1, -0.05) is 30.3 Å². The van der Waals surface area contributed by atoms with Crippen LogP contribution >= 0.6 is 0 Å². The molecule has 1 aliphatic rings. The van der Waals surface area contributed by atoms with E-state index in [4.69, 9.17) is 0 Å². The zero-order valence-electron chi connectivity index (χ0n) is 12.3. The quantitative estimate of drug-likeness (QED) is 0.879. The second-order valence-electron chi connectivity index (χ2n) is 5.66. The summed E-state index contributed by atoms with van der Waals surface area (Å²) >= 11 is 0. The molecule has 0 aliphatic carbocycles. The number of benzene rings is 2. The number of rotatable bonds is 5. The molecule has 1 fully saturated rings. The predicted molar refractivity (Wildman–Crippen MR) is 86.4 cm³/mol. The summed E-state index contributed by atoms with van der Waals surface area (Å²) in [4.78, 5) is 2.51. The summed E-state index contributed by atoms with van der Waals surface area (Å²) in [6.07, 6.45) is 2.64. The number of nitrogens with one attached hydrogen (secondary N) is 1. The van der Waals surface area contributed by atoms with Crippen molar-refractivity contribution in [2.45, 2.75) is 25.9 Å². The minimum Gasteiger partial charge on any atom is -0.508 e. The van der Waals surface area contributed by atoms with E-state index >= 15 is 0 Å². The molecular formula is C18H22N2O. The largest absolute Gasteiger partial charge is 0.508 e. The summed E-state index contributed by atoms with van der Waals surface area (Å²) < 4.78 is 0. The van der Waals surface area contributed by atoms with Gasteiger partial charge in [0.2, 0.25) is 0 Å². The van der Waals surface area contributed by atoms with Crippen molar-refractivity contribution >= 4 is 5.69 Å². The van der Waals surface area contributed by atoms with E-state index in [0.717, 1.165) is 18.7 Å². The number of likely N-dealkylation sites (tertiary alicyclic amines) is 1. The van der Waals surface area contributed by atoms with Crippen molar-refractivity contribution in [2.24, 2.45) is 0 Å². The molecule has 0 unspecified atom stereocenters. The first kappa shape index (κ1) is 14.0. The second-order valence-corrected chi connectivity index (χ2v) is 5.66. The molecule has 0 spiro atoms. The van der Waals surface area contributed by atoms with Crippen LogP contribution in [0, 0.1) is 0 Å². The molecule has 110 valence electrons. The van der Waals surface area contributed by atoms with Gasteiger partial charge in [0, 0.05) is 18.8 Å². The first-order chi connectivity index (χ1) is 10.3. The average Bonchev–Trinajstić information content (AvgIpc) is 2.99. The molecule has 0 saturated carbocycles. The van der Waals surface area contributed by atoms with Crippen molar-refractivity contribution in [2.75, 3.05) is 18.4 Å². The molecule has 1 aliphatic heterocycles. The smallest absolute Gasteiger partial charge is 0.115 e. The van der Waals surface area contributed by atoms with E-state index in [1.807, 2.05) is 12.1 Å². The first-order valence-electron chi connectivity index (χ1n) is 7.63. The molecule has 1 saturated heterocycles. The van der Waals surface area contributed by atoms with Crippen LogP contribution in [0.1, 0.15) is 24.0 Å². The summed E-state index contributed by atoms with van der Waals surface area (Å²) in [5, 5.41) is 13.0. The van der Waals surface area contributed by atoms with E-state index in [2.05, 4.69) is 34.5 Å². The summed E-state index contributed by atoms with van der Waals surface area (Å²) in [5.74, 6) is 0.319. The Balaban J connectivity index is 1.67. The number of aromatic hydroxyl groups is 1. The Morgan fingerprint density at radius 2 is 1.81 bits per heavy atom. The van der Waals surface area contributed by atoms with Gasteiger partial charge in [0.1, 0.15) is 5.75 Å². The Kier molecular flexibility index (Phi) is 4.41. The van der Waals surface area contributed by atoms with E-state index in [0.29, 0.717) is 5.75 Å². The maximum atomic E-state index is 9.52. The SMILES string of the molecule is Oc1cccc(CNc2ccccc2CN2CCCC2)c1. The van der Waals surface area contributed by atoms with Crippen LogP contribution in [0.4, 0.5) is 5.69 Å². The number of phenols is 1. The Labute approximate surface area is 126 Å². The van der Waals surface area contributed by atoms with Crippen LogP contribution in [0.3, 0.4) is 0 Å². The highest BCUT2D eigenvalue weighted by Crippen LogP contribution is 2.21. The number of hydrogen-bond donors (Lipinski definition) is 2. The maximum Gasteiger partial charge on any atom is 0.115 e. The van der Waals surface area contributed by atoms with E-state index in [1.54, 1.807) is 12.1 Å². The molecule has 21 heavy (non-hydrogen) atoms. The van der Waals surface area contributed by atoms with Gasteiger partial charge < -0.3 is 10.4 Å². The van der Waals surface area contributed by atoms with E-state index < -0.39 is 0 Å². The van der Waals surface area contributed by atoms with Gasteiger partial charge in [-0.3, -0.25) is 4.90 Å². The summed E-state index contributed by atoms with van der Waals surface area (Å²) in [6.45, 7) is 4.16. The van der Waals surface area contributed by atoms with Crippen molar-refractivity contribution in [3.8, 4) is 5.75 Å². The lowest BCUT2D eigenvalue weighted by Crippen LogP contribution is -2.19. The number of nitrogens with zero attached hydrogens (tertiary/aromatic N) is 1. The molecule has 2 N–H and O–H groups in total. The molecule has 0 atom stereocenters. The third-order valence-corrected chi connectivity index (χ3v) is 4.00. The number of para-hydroxylation sites is 1. The van der Waals surface area contributed by atoms with Crippen LogP contribution in [-0.2, 0) is 13.1 Å². The van der Waals surface area contributed by atoms with Gasteiger partial charge in [0.15, 0.2) is 0 Å². The van der Waals surface area contributed by atoms with Gasteiger partial charge in [-0.2, -0.15) is 0 Å². The first-order valence-corrected chi connectivity index (χ1v) is 7.63. The third-order valence-electron chi connectivity index (χ3n) is 4.00. The minimum atomic E-state index is 0.319. The number of phenolic OH excluding ortho intramolecular Hbond substituents is 1. The molecule has 3 heteroatoms. The standard InChI is InChI=1S/C18H22N2O/c21-17-8-5-6-15(12-17)13-19-18-9-2-1-7-16(18)14-20-10-3-4-11-20/h1-2,5-9,12,19,21H,3-4,10-11,13-14H2. The van der Waals surface area contributed by atoms with Crippen molar-refractivity contribution < 1.29 is 5.11 Å². The van der Waals surface area contributed by atoms with Gasteiger partial charge in [-0.15, -0.1) is 0 Å². The van der Waals surface area contributed by atoms with Crippen LogP contribution < -0.4 is 5.32 Å². The Morgan fingerprint density at radius 1 is 1.00 bits per heavy atom. The van der Waals surface area contributed by atoms with Gasteiger partial charge in [-0.25, -0.2) is 0 Å². The fourth-order valence-corrected chi connectivity index (χ4v) is 2.88. The van der Waals surface area contributed by atoms with Crippen LogP contribution in [0.2, 0.25) is 0 Å². The van der Waals surface area contributed by atoms with Gasteiger partial charge in [0.25, 0.3) is 0 Å². The normalized spacial score (nSPS) is 15.2. The lowest BCUT2D eigenvalue weighted by Gasteiger charge is -2.18. The molecule has 0 amide bonds. The van der Waals surface area contributed by atoms with E-state index in [1.165, 1.54) is 37.2 Å². The van der Waals surface area contributed by atoms with Crippen LogP contribution in [0.25, 0.3) is 0 Å². The molecule has 3 nitrogen and oxygen atoms in total. The summed E-state index contributed by atoms with van der Waals surface area (Å²) in [7, 11) is 0. The third kappa shape index (κ3) is 3.76. The number of hydrogen-bond acceptors (Lipinski definition) is 3. The predicted octanol–water partition coefficient (Wildman–Crippen LogP) is 3.60. The zero-order chi connectivity index (χ0) is 14.5. The second kappa shape index (κ2) is 6.64. The van der Waals surface area contributed by atoms with Gasteiger partial charge >= 0.3 is 0 Å². The highest BCUT2D eigenvalue weighted by atomic mass is 16.3. The topological polar surface area (TPSA) is 35.5 Å². The summed E-state index contributed by atoms with van der Waals surface area (Å²) in [5.41, 5.74) is 3.62. The number of anilines is 1. The Bertz CT molecular complexity index is 591. The van der Waals surface area contributed by atoms with E-state index in [-0.39, 0.29) is 0 Å².